The van der Waals surface area contributed by atoms with Crippen LogP contribution in [0.2, 0.25) is 0 Å². The van der Waals surface area contributed by atoms with Gasteiger partial charge in [-0.25, -0.2) is 0 Å². The molecule has 5 aliphatic rings. The molecule has 0 N–H and O–H groups in total. The van der Waals surface area contributed by atoms with Gasteiger partial charge in [0.1, 0.15) is 0 Å². The van der Waals surface area contributed by atoms with E-state index in [0.29, 0.717) is 16.9 Å². The molecule has 0 saturated heterocycles. The maximum Gasteiger partial charge on any atom is 0.0499 e. The Bertz CT molecular complexity index is 559. The van der Waals surface area contributed by atoms with Crippen molar-refractivity contribution in [3.05, 3.63) is 0 Å². The fraction of sp³-hybridized carbons (Fsp3) is 0.960. The van der Waals surface area contributed by atoms with E-state index in [2.05, 4.69) is 13.8 Å². The summed E-state index contributed by atoms with van der Waals surface area (Å²) in [5.41, 5.74) is 2.83. The van der Waals surface area contributed by atoms with Crippen LogP contribution in [0, 0.1) is 34.5 Å². The summed E-state index contributed by atoms with van der Waals surface area (Å²) in [5.74, 6) is 4.07. The minimum atomic E-state index is 0.469. The normalized spacial score (nSPS) is 50.9. The summed E-state index contributed by atoms with van der Waals surface area (Å²) < 4.78 is 0. The molecule has 0 aromatic carbocycles. The molecule has 0 heterocycles. The number of nitrogens with zero attached hydrogens (tertiary/aromatic N) is 1. The predicted molar refractivity (Wildman–Crippen MR) is 111 cm³/mol. The van der Waals surface area contributed by atoms with Crippen LogP contribution < -0.4 is 0 Å². The molecule has 0 radical (unpaired) electrons. The lowest BCUT2D eigenvalue weighted by Crippen LogP contribution is -2.52. The standard InChI is InChI=1S/C25H41N/c1-24-16-7-6-8-18(24)11-12-20-21-13-14-23(25(21,2)17-15-22(20)24)26-19-9-4-3-5-10-19/h18-22H,3-17H2,1-2H3. The smallest absolute Gasteiger partial charge is 0.0499 e. The average Bonchev–Trinajstić information content (AvgIpc) is 2.98. The fourth-order valence-corrected chi connectivity index (χ4v) is 8.73. The zero-order valence-electron chi connectivity index (χ0n) is 17.4. The minimum absolute atomic E-state index is 0.469. The summed E-state index contributed by atoms with van der Waals surface area (Å²) in [6, 6.07) is 0.679. The summed E-state index contributed by atoms with van der Waals surface area (Å²) in [7, 11) is 0. The Hall–Kier alpha value is -0.330. The molecule has 5 saturated carbocycles. The van der Waals surface area contributed by atoms with E-state index in [-0.39, 0.29) is 0 Å². The van der Waals surface area contributed by atoms with Gasteiger partial charge in [0, 0.05) is 17.2 Å². The highest BCUT2D eigenvalue weighted by molar-refractivity contribution is 5.92. The highest BCUT2D eigenvalue weighted by Crippen LogP contribution is 2.65. The third kappa shape index (κ3) is 2.66. The van der Waals surface area contributed by atoms with Gasteiger partial charge in [0.25, 0.3) is 0 Å². The molecule has 5 fully saturated rings. The van der Waals surface area contributed by atoms with Crippen molar-refractivity contribution in [2.75, 3.05) is 0 Å². The van der Waals surface area contributed by atoms with E-state index >= 15 is 0 Å². The minimum Gasteiger partial charge on any atom is -0.290 e. The van der Waals surface area contributed by atoms with Crippen LogP contribution >= 0.6 is 0 Å². The summed E-state index contributed by atoms with van der Waals surface area (Å²) in [6.45, 7) is 5.35. The van der Waals surface area contributed by atoms with Crippen LogP contribution in [0.4, 0.5) is 0 Å². The Balaban J connectivity index is 1.39. The molecule has 5 rings (SSSR count). The molecule has 0 amide bonds. The molecule has 0 bridgehead atoms. The maximum absolute atomic E-state index is 5.44. The topological polar surface area (TPSA) is 12.4 Å². The lowest BCUT2D eigenvalue weighted by atomic mass is 9.45. The number of aliphatic imine (C=N–C) groups is 1. The SMILES string of the molecule is CC12CCC3C(CCC4CCCCC43C)C1CCC2=NC1CCCCC1. The van der Waals surface area contributed by atoms with Gasteiger partial charge < -0.3 is 0 Å². The van der Waals surface area contributed by atoms with Gasteiger partial charge in [0.05, 0.1) is 0 Å². The molecule has 1 heteroatoms. The lowest BCUT2D eigenvalue weighted by molar-refractivity contribution is -0.0936. The Morgan fingerprint density at radius 3 is 2.38 bits per heavy atom. The Morgan fingerprint density at radius 2 is 1.54 bits per heavy atom. The van der Waals surface area contributed by atoms with Crippen molar-refractivity contribution in [2.24, 2.45) is 39.5 Å². The van der Waals surface area contributed by atoms with Crippen LogP contribution in [-0.4, -0.2) is 11.8 Å². The van der Waals surface area contributed by atoms with E-state index in [1.54, 1.807) is 18.6 Å². The van der Waals surface area contributed by atoms with Gasteiger partial charge in [-0.2, -0.15) is 0 Å². The van der Waals surface area contributed by atoms with Gasteiger partial charge in [0.2, 0.25) is 0 Å². The molecule has 5 aliphatic carbocycles. The van der Waals surface area contributed by atoms with Crippen LogP contribution in [0.1, 0.15) is 110 Å². The molecular formula is C25H41N. The third-order valence-electron chi connectivity index (χ3n) is 10.2. The second-order valence-corrected chi connectivity index (χ2v) is 11.3. The van der Waals surface area contributed by atoms with Crippen molar-refractivity contribution in [1.29, 1.82) is 0 Å². The second kappa shape index (κ2) is 6.63. The Kier molecular flexibility index (Phi) is 4.52. The first-order valence-electron chi connectivity index (χ1n) is 12.2. The molecule has 0 aromatic rings. The highest BCUT2D eigenvalue weighted by atomic mass is 14.8. The summed E-state index contributed by atoms with van der Waals surface area (Å²) in [4.78, 5) is 5.44. The van der Waals surface area contributed by atoms with Crippen molar-refractivity contribution in [3.63, 3.8) is 0 Å². The van der Waals surface area contributed by atoms with Gasteiger partial charge in [-0.1, -0.05) is 46.0 Å². The van der Waals surface area contributed by atoms with Crippen LogP contribution in [0.25, 0.3) is 0 Å². The van der Waals surface area contributed by atoms with Crippen molar-refractivity contribution < 1.29 is 0 Å². The van der Waals surface area contributed by atoms with Crippen molar-refractivity contribution >= 4 is 5.71 Å². The van der Waals surface area contributed by atoms with Crippen LogP contribution in [-0.2, 0) is 0 Å². The molecule has 0 aromatic heterocycles. The van der Waals surface area contributed by atoms with Crippen molar-refractivity contribution in [2.45, 2.75) is 116 Å². The first-order chi connectivity index (χ1) is 12.6. The molecule has 0 spiro atoms. The largest absolute Gasteiger partial charge is 0.290 e. The van der Waals surface area contributed by atoms with Gasteiger partial charge in [-0.15, -0.1) is 0 Å². The van der Waals surface area contributed by atoms with Gasteiger partial charge in [-0.3, -0.25) is 4.99 Å². The van der Waals surface area contributed by atoms with E-state index in [0.717, 1.165) is 23.7 Å². The molecule has 26 heavy (non-hydrogen) atoms. The molecule has 146 valence electrons. The lowest BCUT2D eigenvalue weighted by Gasteiger charge is -2.60. The zero-order valence-corrected chi connectivity index (χ0v) is 17.4. The second-order valence-electron chi connectivity index (χ2n) is 11.3. The summed E-state index contributed by atoms with van der Waals surface area (Å²) >= 11 is 0. The van der Waals surface area contributed by atoms with Gasteiger partial charge in [0.15, 0.2) is 0 Å². The quantitative estimate of drug-likeness (QED) is 0.472. The monoisotopic (exact) mass is 355 g/mol. The van der Waals surface area contributed by atoms with Crippen LogP contribution in [0.3, 0.4) is 0 Å². The molecule has 0 aliphatic heterocycles. The molecule has 6 atom stereocenters. The molecular weight excluding hydrogens is 314 g/mol. The molecule has 6 unspecified atom stereocenters. The highest BCUT2D eigenvalue weighted by Gasteiger charge is 2.58. The first-order valence-corrected chi connectivity index (χ1v) is 12.2. The molecule has 1 nitrogen and oxygen atoms in total. The number of rotatable bonds is 1. The van der Waals surface area contributed by atoms with E-state index in [1.807, 2.05) is 0 Å². The van der Waals surface area contributed by atoms with Crippen molar-refractivity contribution in [1.82, 2.24) is 0 Å². The van der Waals surface area contributed by atoms with E-state index in [4.69, 9.17) is 4.99 Å². The van der Waals surface area contributed by atoms with Gasteiger partial charge >= 0.3 is 0 Å². The average molecular weight is 356 g/mol. The van der Waals surface area contributed by atoms with E-state index in [1.165, 1.54) is 83.5 Å². The van der Waals surface area contributed by atoms with E-state index < -0.39 is 0 Å². The predicted octanol–water partition coefficient (Wildman–Crippen LogP) is 7.19. The fourth-order valence-electron chi connectivity index (χ4n) is 8.73. The van der Waals surface area contributed by atoms with Gasteiger partial charge in [-0.05, 0) is 93.3 Å². The van der Waals surface area contributed by atoms with Crippen LogP contribution in [0.15, 0.2) is 4.99 Å². The summed E-state index contributed by atoms with van der Waals surface area (Å²) in [5, 5.41) is 0. The third-order valence-corrected chi connectivity index (χ3v) is 10.2. The Labute approximate surface area is 161 Å². The number of hydrogen-bond donors (Lipinski definition) is 0. The Morgan fingerprint density at radius 1 is 0.731 bits per heavy atom. The zero-order chi connectivity index (χ0) is 17.8. The van der Waals surface area contributed by atoms with Crippen molar-refractivity contribution in [3.8, 4) is 0 Å². The number of hydrogen-bond acceptors (Lipinski definition) is 1. The first kappa shape index (κ1) is 17.7. The maximum atomic E-state index is 5.44. The van der Waals surface area contributed by atoms with E-state index in [9.17, 15) is 0 Å². The number of fused-ring (bicyclic) bond motifs is 5. The summed E-state index contributed by atoms with van der Waals surface area (Å²) in [6.07, 6.45) is 22.0. The van der Waals surface area contributed by atoms with Crippen LogP contribution in [0.5, 0.6) is 0 Å².